The summed E-state index contributed by atoms with van der Waals surface area (Å²) in [4.78, 5) is 10.2. The average Bonchev–Trinajstić information content (AvgIpc) is 1.63. The molecule has 0 amide bonds. The van der Waals surface area contributed by atoms with Crippen molar-refractivity contribution in [3.05, 3.63) is 23.9 Å². The van der Waals surface area contributed by atoms with Crippen LogP contribution in [0.15, 0.2) is 23.9 Å². The van der Waals surface area contributed by atoms with Gasteiger partial charge in [-0.2, -0.15) is 0 Å². The quantitative estimate of drug-likeness (QED) is 0.338. The molecule has 0 bridgehead atoms. The zero-order valence-electron chi connectivity index (χ0n) is 5.11. The van der Waals surface area contributed by atoms with E-state index in [2.05, 4.69) is 17.9 Å². The molecule has 0 fully saturated rings. The molecule has 0 aromatic heterocycles. The van der Waals surface area contributed by atoms with Gasteiger partial charge in [-0.25, -0.2) is 0 Å². The summed E-state index contributed by atoms with van der Waals surface area (Å²) in [5, 5.41) is 0.144. The normalized spacial score (nSPS) is 8.22. The molecule has 0 aromatic rings. The standard InChI is InChI=1S/C6H7ClO2/c1-4(7)5(2)9-6(3)8/h1-2H2,3H3. The van der Waals surface area contributed by atoms with Crippen LogP contribution < -0.4 is 0 Å². The molecule has 0 spiro atoms. The van der Waals surface area contributed by atoms with Gasteiger partial charge in [0.05, 0.1) is 5.03 Å². The van der Waals surface area contributed by atoms with Gasteiger partial charge in [0.15, 0.2) is 0 Å². The summed E-state index contributed by atoms with van der Waals surface area (Å²) in [7, 11) is 0. The van der Waals surface area contributed by atoms with Gasteiger partial charge in [0.2, 0.25) is 0 Å². The molecule has 0 rings (SSSR count). The Hall–Kier alpha value is -0.760. The lowest BCUT2D eigenvalue weighted by Crippen LogP contribution is -1.96. The van der Waals surface area contributed by atoms with Gasteiger partial charge in [-0.15, -0.1) is 0 Å². The van der Waals surface area contributed by atoms with Crippen LogP contribution in [0.5, 0.6) is 0 Å². The highest BCUT2D eigenvalue weighted by molar-refractivity contribution is 6.31. The van der Waals surface area contributed by atoms with Crippen LogP contribution in [0, 0.1) is 0 Å². The summed E-state index contributed by atoms with van der Waals surface area (Å²) >= 11 is 5.30. The maximum atomic E-state index is 10.2. The minimum atomic E-state index is -0.443. The van der Waals surface area contributed by atoms with E-state index in [1.807, 2.05) is 0 Å². The van der Waals surface area contributed by atoms with Gasteiger partial charge in [0, 0.05) is 6.92 Å². The summed E-state index contributed by atoms with van der Waals surface area (Å²) in [6, 6.07) is 0. The number of hydrogen-bond acceptors (Lipinski definition) is 2. The van der Waals surface area contributed by atoms with Crippen molar-refractivity contribution in [1.29, 1.82) is 0 Å². The summed E-state index contributed by atoms with van der Waals surface area (Å²) in [5.74, 6) is -0.342. The Morgan fingerprint density at radius 3 is 2.11 bits per heavy atom. The largest absolute Gasteiger partial charge is 0.426 e. The monoisotopic (exact) mass is 146 g/mol. The Morgan fingerprint density at radius 1 is 1.56 bits per heavy atom. The highest BCUT2D eigenvalue weighted by Gasteiger charge is 1.99. The van der Waals surface area contributed by atoms with E-state index >= 15 is 0 Å². The number of ether oxygens (including phenoxy) is 1. The maximum absolute atomic E-state index is 10.2. The first-order chi connectivity index (χ1) is 4.04. The number of rotatable bonds is 2. The second kappa shape index (κ2) is 3.30. The molecule has 0 saturated carbocycles. The SMILES string of the molecule is C=C(Cl)C(=C)OC(C)=O. The van der Waals surface area contributed by atoms with Crippen molar-refractivity contribution in [2.45, 2.75) is 6.92 Å². The summed E-state index contributed by atoms with van der Waals surface area (Å²) in [6.45, 7) is 7.89. The van der Waals surface area contributed by atoms with E-state index in [1.165, 1.54) is 6.92 Å². The number of esters is 1. The molecule has 0 aliphatic rings. The second-order valence-corrected chi connectivity index (χ2v) is 1.88. The van der Waals surface area contributed by atoms with Crippen molar-refractivity contribution >= 4 is 17.6 Å². The highest BCUT2D eigenvalue weighted by atomic mass is 35.5. The van der Waals surface area contributed by atoms with E-state index in [4.69, 9.17) is 11.6 Å². The number of hydrogen-bond donors (Lipinski definition) is 0. The predicted molar refractivity (Wildman–Crippen MR) is 35.9 cm³/mol. The predicted octanol–water partition coefficient (Wildman–Crippen LogP) is 1.82. The molecule has 0 N–H and O–H groups in total. The summed E-state index contributed by atoms with van der Waals surface area (Å²) in [5.41, 5.74) is 0. The molecule has 0 atom stereocenters. The van der Waals surface area contributed by atoms with Crippen LogP contribution >= 0.6 is 11.6 Å². The molecule has 0 aromatic carbocycles. The second-order valence-electron chi connectivity index (χ2n) is 1.42. The molecule has 0 aliphatic carbocycles. The third-order valence-corrected chi connectivity index (χ3v) is 0.780. The fourth-order valence-corrected chi connectivity index (χ4v) is 0.267. The van der Waals surface area contributed by atoms with E-state index in [9.17, 15) is 4.79 Å². The van der Waals surface area contributed by atoms with E-state index in [1.54, 1.807) is 0 Å². The van der Waals surface area contributed by atoms with Crippen LogP contribution in [-0.4, -0.2) is 5.97 Å². The smallest absolute Gasteiger partial charge is 0.308 e. The van der Waals surface area contributed by atoms with Crippen molar-refractivity contribution in [1.82, 2.24) is 0 Å². The Balaban J connectivity index is 3.79. The molecule has 0 radical (unpaired) electrons. The van der Waals surface area contributed by atoms with Crippen LogP contribution in [-0.2, 0) is 9.53 Å². The topological polar surface area (TPSA) is 26.3 Å². The van der Waals surface area contributed by atoms with Crippen LogP contribution in [0.1, 0.15) is 6.92 Å². The van der Waals surface area contributed by atoms with E-state index in [-0.39, 0.29) is 10.8 Å². The number of halogens is 1. The highest BCUT2D eigenvalue weighted by Crippen LogP contribution is 2.10. The molecule has 0 unspecified atom stereocenters. The number of allylic oxidation sites excluding steroid dienone is 1. The first-order valence-corrected chi connectivity index (χ1v) is 2.64. The molecule has 9 heavy (non-hydrogen) atoms. The Bertz CT molecular complexity index is 160. The van der Waals surface area contributed by atoms with Crippen molar-refractivity contribution < 1.29 is 9.53 Å². The van der Waals surface area contributed by atoms with Gasteiger partial charge < -0.3 is 4.74 Å². The van der Waals surface area contributed by atoms with E-state index in [0.717, 1.165) is 0 Å². The van der Waals surface area contributed by atoms with Crippen molar-refractivity contribution in [3.63, 3.8) is 0 Å². The minimum absolute atomic E-state index is 0.101. The van der Waals surface area contributed by atoms with Gasteiger partial charge in [-0.05, 0) is 0 Å². The maximum Gasteiger partial charge on any atom is 0.308 e. The summed E-state index contributed by atoms with van der Waals surface area (Å²) in [6.07, 6.45) is 0. The molecule has 3 heteroatoms. The Labute approximate surface area is 58.8 Å². The Morgan fingerprint density at radius 2 is 2.00 bits per heavy atom. The molecule has 0 aliphatic heterocycles. The molecule has 50 valence electrons. The molecular formula is C6H7ClO2. The van der Waals surface area contributed by atoms with Crippen LogP contribution in [0.25, 0.3) is 0 Å². The first kappa shape index (κ1) is 8.24. The van der Waals surface area contributed by atoms with Gasteiger partial charge >= 0.3 is 5.97 Å². The lowest BCUT2D eigenvalue weighted by atomic mass is 10.5. The zero-order chi connectivity index (χ0) is 7.44. The number of carbonyl (C=O) groups is 1. The van der Waals surface area contributed by atoms with Crippen molar-refractivity contribution in [3.8, 4) is 0 Å². The lowest BCUT2D eigenvalue weighted by molar-refractivity contribution is -0.136. The van der Waals surface area contributed by atoms with Gasteiger partial charge in [0.25, 0.3) is 0 Å². The van der Waals surface area contributed by atoms with Gasteiger partial charge in [-0.1, -0.05) is 24.8 Å². The minimum Gasteiger partial charge on any atom is -0.426 e. The first-order valence-electron chi connectivity index (χ1n) is 2.26. The fraction of sp³-hybridized carbons (Fsp3) is 0.167. The zero-order valence-corrected chi connectivity index (χ0v) is 5.86. The fourth-order valence-electron chi connectivity index (χ4n) is 0.229. The molecular weight excluding hydrogens is 140 g/mol. The third kappa shape index (κ3) is 3.79. The van der Waals surface area contributed by atoms with Crippen LogP contribution in [0.2, 0.25) is 0 Å². The van der Waals surface area contributed by atoms with E-state index in [0.29, 0.717) is 0 Å². The van der Waals surface area contributed by atoms with Crippen molar-refractivity contribution in [2.24, 2.45) is 0 Å². The molecule has 2 nitrogen and oxygen atoms in total. The number of carbonyl (C=O) groups excluding carboxylic acids is 1. The lowest BCUT2D eigenvalue weighted by Gasteiger charge is -1.99. The molecule has 0 saturated heterocycles. The van der Waals surface area contributed by atoms with Crippen LogP contribution in [0.4, 0.5) is 0 Å². The van der Waals surface area contributed by atoms with Gasteiger partial charge in [0.1, 0.15) is 5.76 Å². The average molecular weight is 147 g/mol. The Kier molecular flexibility index (Phi) is 3.02. The van der Waals surface area contributed by atoms with E-state index < -0.39 is 5.97 Å². The van der Waals surface area contributed by atoms with Crippen LogP contribution in [0.3, 0.4) is 0 Å². The van der Waals surface area contributed by atoms with Crippen molar-refractivity contribution in [2.75, 3.05) is 0 Å². The third-order valence-electron chi connectivity index (χ3n) is 0.569. The summed E-state index contributed by atoms with van der Waals surface area (Å²) < 4.78 is 4.45. The van der Waals surface area contributed by atoms with Gasteiger partial charge in [-0.3, -0.25) is 4.79 Å². The molecule has 0 heterocycles.